The van der Waals surface area contributed by atoms with Crippen LogP contribution in [0.3, 0.4) is 0 Å². The van der Waals surface area contributed by atoms with Gasteiger partial charge in [0.1, 0.15) is 0 Å². The Morgan fingerprint density at radius 3 is 2.21 bits per heavy atom. The van der Waals surface area contributed by atoms with Gasteiger partial charge < -0.3 is 19.7 Å². The highest BCUT2D eigenvalue weighted by molar-refractivity contribution is 5.93. The van der Waals surface area contributed by atoms with E-state index in [-0.39, 0.29) is 5.91 Å². The van der Waals surface area contributed by atoms with E-state index in [1.165, 1.54) is 0 Å². The third-order valence-electron chi connectivity index (χ3n) is 6.57. The van der Waals surface area contributed by atoms with E-state index < -0.39 is 17.8 Å². The number of aliphatic carboxylic acids is 1. The van der Waals surface area contributed by atoms with Crippen LogP contribution in [0.4, 0.5) is 5.95 Å². The van der Waals surface area contributed by atoms with E-state index >= 15 is 0 Å². The Balaban J connectivity index is 1.36. The second kappa shape index (κ2) is 9.02. The third-order valence-corrected chi connectivity index (χ3v) is 6.57. The van der Waals surface area contributed by atoms with Crippen LogP contribution in [-0.4, -0.2) is 52.9 Å². The summed E-state index contributed by atoms with van der Waals surface area (Å²) in [6, 6.07) is 18.0. The van der Waals surface area contributed by atoms with Crippen molar-refractivity contribution in [2.75, 3.05) is 31.1 Å². The first-order valence-electron chi connectivity index (χ1n) is 11.3. The van der Waals surface area contributed by atoms with E-state index in [2.05, 4.69) is 4.90 Å². The van der Waals surface area contributed by atoms with Crippen LogP contribution < -0.4 is 10.0 Å². The Bertz CT molecular complexity index is 1200. The Morgan fingerprint density at radius 2 is 1.48 bits per heavy atom. The summed E-state index contributed by atoms with van der Waals surface area (Å²) in [5, 5.41) is 12.5. The zero-order valence-electron chi connectivity index (χ0n) is 18.3. The number of amides is 1. The zero-order chi connectivity index (χ0) is 22.8. The lowest BCUT2D eigenvalue weighted by Gasteiger charge is -2.38. The van der Waals surface area contributed by atoms with Gasteiger partial charge in [0.2, 0.25) is 11.9 Å². The van der Waals surface area contributed by atoms with Gasteiger partial charge in [0.05, 0.1) is 11.2 Å². The predicted octanol–water partition coefficient (Wildman–Crippen LogP) is 2.28. The van der Waals surface area contributed by atoms with Gasteiger partial charge in [0.15, 0.2) is 0 Å². The summed E-state index contributed by atoms with van der Waals surface area (Å²) >= 11 is 0. The van der Waals surface area contributed by atoms with E-state index in [1.807, 2.05) is 66.7 Å². The fourth-order valence-corrected chi connectivity index (χ4v) is 4.73. The molecule has 7 heteroatoms. The van der Waals surface area contributed by atoms with Crippen molar-refractivity contribution in [3.63, 3.8) is 0 Å². The number of carboxylic acid groups (broad SMARTS) is 1. The largest absolute Gasteiger partial charge is 0.550 e. The first-order valence-corrected chi connectivity index (χ1v) is 11.3. The molecule has 0 saturated carbocycles. The molecule has 2 atom stereocenters. The maximum Gasteiger partial charge on any atom is 0.226 e. The fourth-order valence-electron chi connectivity index (χ4n) is 4.73. The van der Waals surface area contributed by atoms with Crippen LogP contribution in [0.2, 0.25) is 0 Å². The summed E-state index contributed by atoms with van der Waals surface area (Å²) in [5.74, 6) is -1.90. The molecule has 33 heavy (non-hydrogen) atoms. The molecule has 2 heterocycles. The van der Waals surface area contributed by atoms with Crippen molar-refractivity contribution in [2.45, 2.75) is 12.8 Å². The molecular formula is C26H25N4O3-. The van der Waals surface area contributed by atoms with Crippen LogP contribution in [-0.2, 0) is 9.59 Å². The number of allylic oxidation sites excluding steroid dienone is 2. The van der Waals surface area contributed by atoms with Crippen LogP contribution in [0.15, 0.2) is 66.7 Å². The van der Waals surface area contributed by atoms with E-state index in [1.54, 1.807) is 4.90 Å². The monoisotopic (exact) mass is 441 g/mol. The first kappa shape index (κ1) is 21.1. The normalized spacial score (nSPS) is 20.7. The number of carbonyl (C=O) groups excluding carboxylic acids is 2. The van der Waals surface area contributed by atoms with Crippen LogP contribution in [0.5, 0.6) is 0 Å². The number of carboxylic acids is 1. The van der Waals surface area contributed by atoms with Gasteiger partial charge in [-0.15, -0.1) is 0 Å². The van der Waals surface area contributed by atoms with E-state index in [9.17, 15) is 14.7 Å². The van der Waals surface area contributed by atoms with Crippen molar-refractivity contribution >= 4 is 28.7 Å². The van der Waals surface area contributed by atoms with Gasteiger partial charge in [-0.25, -0.2) is 9.97 Å². The van der Waals surface area contributed by atoms with Crippen molar-refractivity contribution in [3.05, 3.63) is 66.7 Å². The molecule has 2 aliphatic rings. The standard InChI is InChI=1S/C26H26N4O3/c31-24(19-10-4-5-11-20(19)25(32)33)29-14-16-30(17-15-29)26-27-22-13-7-6-12-21(22)23(28-26)18-8-2-1-3-9-18/h1-9,12-13,19-20H,10-11,14-17H2,(H,32,33)/p-1/t19-,20-/m0/s1. The van der Waals surface area contributed by atoms with Gasteiger partial charge in [-0.3, -0.25) is 4.79 Å². The Labute approximate surface area is 192 Å². The summed E-state index contributed by atoms with van der Waals surface area (Å²) in [4.78, 5) is 38.2. The highest BCUT2D eigenvalue weighted by Gasteiger charge is 2.34. The molecule has 1 fully saturated rings. The topological polar surface area (TPSA) is 89.5 Å². The molecule has 1 saturated heterocycles. The second-order valence-electron chi connectivity index (χ2n) is 8.54. The van der Waals surface area contributed by atoms with Gasteiger partial charge in [-0.1, -0.05) is 60.7 Å². The summed E-state index contributed by atoms with van der Waals surface area (Å²) < 4.78 is 0. The molecule has 0 radical (unpaired) electrons. The lowest BCUT2D eigenvalue weighted by Crippen LogP contribution is -2.53. The summed E-state index contributed by atoms with van der Waals surface area (Å²) in [6.45, 7) is 2.21. The van der Waals surface area contributed by atoms with Crippen LogP contribution >= 0.6 is 0 Å². The molecule has 1 aliphatic heterocycles. The molecule has 1 amide bonds. The molecular weight excluding hydrogens is 416 g/mol. The van der Waals surface area contributed by atoms with Crippen molar-refractivity contribution in [1.82, 2.24) is 14.9 Å². The third kappa shape index (κ3) is 4.18. The van der Waals surface area contributed by atoms with Gasteiger partial charge in [0, 0.05) is 54.9 Å². The first-order chi connectivity index (χ1) is 16.1. The van der Waals surface area contributed by atoms with Crippen molar-refractivity contribution in [1.29, 1.82) is 0 Å². The van der Waals surface area contributed by atoms with Crippen molar-refractivity contribution < 1.29 is 14.7 Å². The number of piperazine rings is 1. The lowest BCUT2D eigenvalue weighted by molar-refractivity contribution is -0.313. The number of rotatable bonds is 4. The molecule has 3 aromatic rings. The number of carbonyl (C=O) groups is 2. The quantitative estimate of drug-likeness (QED) is 0.577. The number of anilines is 1. The van der Waals surface area contributed by atoms with Crippen LogP contribution in [0.1, 0.15) is 12.8 Å². The van der Waals surface area contributed by atoms with Crippen LogP contribution in [0.25, 0.3) is 22.2 Å². The van der Waals surface area contributed by atoms with E-state index in [0.717, 1.165) is 22.2 Å². The maximum absolute atomic E-state index is 13.1. The molecule has 0 spiro atoms. The van der Waals surface area contributed by atoms with Crippen molar-refractivity contribution in [2.24, 2.45) is 11.8 Å². The minimum atomic E-state index is -1.14. The summed E-state index contributed by atoms with van der Waals surface area (Å²) in [5.41, 5.74) is 2.80. The number of nitrogens with zero attached hydrogens (tertiary/aromatic N) is 4. The highest BCUT2D eigenvalue weighted by Crippen LogP contribution is 2.30. The predicted molar refractivity (Wildman–Crippen MR) is 124 cm³/mol. The number of hydrogen-bond acceptors (Lipinski definition) is 6. The maximum atomic E-state index is 13.1. The van der Waals surface area contributed by atoms with Crippen LogP contribution in [0, 0.1) is 11.8 Å². The molecule has 1 aromatic heterocycles. The summed E-state index contributed by atoms with van der Waals surface area (Å²) in [7, 11) is 0. The lowest BCUT2D eigenvalue weighted by atomic mass is 9.82. The second-order valence-corrected chi connectivity index (χ2v) is 8.54. The number of benzene rings is 2. The Kier molecular flexibility index (Phi) is 5.77. The number of para-hydroxylation sites is 1. The average molecular weight is 442 g/mol. The number of fused-ring (bicyclic) bond motifs is 1. The summed E-state index contributed by atoms with van der Waals surface area (Å²) in [6.07, 6.45) is 4.52. The minimum Gasteiger partial charge on any atom is -0.550 e. The minimum absolute atomic E-state index is 0.0994. The van der Waals surface area contributed by atoms with E-state index in [4.69, 9.17) is 9.97 Å². The van der Waals surface area contributed by atoms with Gasteiger partial charge >= 0.3 is 0 Å². The molecule has 0 N–H and O–H groups in total. The van der Waals surface area contributed by atoms with Gasteiger partial charge in [-0.05, 0) is 18.9 Å². The molecule has 0 bridgehead atoms. The number of aromatic nitrogens is 2. The molecule has 1 aliphatic carbocycles. The smallest absolute Gasteiger partial charge is 0.226 e. The SMILES string of the molecule is O=C([O-])[C@H]1CC=CC[C@@H]1C(=O)N1CCN(c2nc(-c3ccccc3)c3ccccc3n2)CC1. The molecule has 168 valence electrons. The molecule has 7 nitrogen and oxygen atoms in total. The van der Waals surface area contributed by atoms with E-state index in [0.29, 0.717) is 45.0 Å². The van der Waals surface area contributed by atoms with Gasteiger partial charge in [0.25, 0.3) is 0 Å². The fraction of sp³-hybridized carbons (Fsp3) is 0.308. The Hall–Kier alpha value is -3.74. The highest BCUT2D eigenvalue weighted by atomic mass is 16.4. The van der Waals surface area contributed by atoms with Gasteiger partial charge in [-0.2, -0.15) is 0 Å². The number of hydrogen-bond donors (Lipinski definition) is 0. The average Bonchev–Trinajstić information content (AvgIpc) is 2.88. The molecule has 0 unspecified atom stereocenters. The molecule has 2 aromatic carbocycles. The zero-order valence-corrected chi connectivity index (χ0v) is 18.3. The Morgan fingerprint density at radius 1 is 0.818 bits per heavy atom. The molecule has 5 rings (SSSR count). The van der Waals surface area contributed by atoms with Crippen molar-refractivity contribution in [3.8, 4) is 11.3 Å².